The van der Waals surface area contributed by atoms with E-state index in [0.29, 0.717) is 0 Å². The Hall–Kier alpha value is -3.69. The lowest BCUT2D eigenvalue weighted by molar-refractivity contribution is 0.663. The Labute approximate surface area is 193 Å². The van der Waals surface area contributed by atoms with Gasteiger partial charge in [-0.05, 0) is 67.7 Å². The summed E-state index contributed by atoms with van der Waals surface area (Å²) in [5.41, 5.74) is 6.53. The number of thiazole rings is 1. The maximum Gasteiger partial charge on any atom is 0.195 e. The predicted molar refractivity (Wildman–Crippen MR) is 141 cm³/mol. The SMILES string of the molecule is CC1(C)c2ccc3ccc4c5c3c2c2c1ccc1ccc(c5c12)n4-c1nc2ccccc2s1. The summed E-state index contributed by atoms with van der Waals surface area (Å²) in [5.74, 6) is 0. The van der Waals surface area contributed by atoms with E-state index in [1.165, 1.54) is 70.0 Å². The number of hydrogen-bond donors (Lipinski definition) is 0. The Morgan fingerprint density at radius 2 is 1.21 bits per heavy atom. The lowest BCUT2D eigenvalue weighted by atomic mass is 9.81. The fourth-order valence-corrected chi connectivity index (χ4v) is 7.68. The van der Waals surface area contributed by atoms with Crippen molar-refractivity contribution in [2.75, 3.05) is 0 Å². The Bertz CT molecular complexity index is 1960. The first-order chi connectivity index (χ1) is 16.1. The van der Waals surface area contributed by atoms with Crippen molar-refractivity contribution in [3.05, 3.63) is 83.9 Å². The van der Waals surface area contributed by atoms with Crippen molar-refractivity contribution in [3.63, 3.8) is 0 Å². The van der Waals surface area contributed by atoms with E-state index in [9.17, 15) is 0 Å². The van der Waals surface area contributed by atoms with E-state index in [2.05, 4.69) is 91.2 Å². The molecule has 3 heteroatoms. The van der Waals surface area contributed by atoms with Crippen molar-refractivity contribution < 1.29 is 0 Å². The van der Waals surface area contributed by atoms with Gasteiger partial charge in [0.15, 0.2) is 5.13 Å². The molecule has 0 bridgehead atoms. The third-order valence-corrected chi connectivity index (χ3v) is 9.15. The summed E-state index contributed by atoms with van der Waals surface area (Å²) in [6, 6.07) is 27.0. The fraction of sp³-hybridized carbons (Fsp3) is 0.100. The Morgan fingerprint density at radius 3 is 1.82 bits per heavy atom. The minimum atomic E-state index is 0.0177. The second-order valence-electron chi connectivity index (χ2n) is 10.0. The Balaban J connectivity index is 1.62. The van der Waals surface area contributed by atoms with E-state index in [1.54, 1.807) is 11.3 Å². The molecule has 0 spiro atoms. The zero-order chi connectivity index (χ0) is 21.6. The van der Waals surface area contributed by atoms with Crippen LogP contribution >= 0.6 is 11.3 Å². The second-order valence-corrected chi connectivity index (χ2v) is 11.0. The van der Waals surface area contributed by atoms with Gasteiger partial charge in [0.05, 0.1) is 21.3 Å². The van der Waals surface area contributed by atoms with Crippen LogP contribution < -0.4 is 0 Å². The molecule has 1 aliphatic rings. The van der Waals surface area contributed by atoms with Crippen molar-refractivity contribution in [1.29, 1.82) is 0 Å². The molecule has 0 atom stereocenters. The van der Waals surface area contributed by atoms with Crippen LogP contribution in [0.3, 0.4) is 0 Å². The van der Waals surface area contributed by atoms with Crippen LogP contribution in [0.15, 0.2) is 72.8 Å². The summed E-state index contributed by atoms with van der Waals surface area (Å²) in [7, 11) is 0. The highest BCUT2D eigenvalue weighted by Gasteiger charge is 2.37. The molecule has 8 aromatic rings. The molecule has 6 aromatic carbocycles. The van der Waals surface area contributed by atoms with Crippen molar-refractivity contribution in [2.45, 2.75) is 19.3 Å². The highest BCUT2D eigenvalue weighted by atomic mass is 32.1. The number of para-hydroxylation sites is 1. The molecule has 0 aliphatic heterocycles. The Kier molecular flexibility index (Phi) is 2.61. The molecule has 33 heavy (non-hydrogen) atoms. The molecule has 0 radical (unpaired) electrons. The zero-order valence-electron chi connectivity index (χ0n) is 18.2. The van der Waals surface area contributed by atoms with E-state index in [0.717, 1.165) is 10.6 Å². The van der Waals surface area contributed by atoms with Gasteiger partial charge in [-0.1, -0.05) is 73.7 Å². The summed E-state index contributed by atoms with van der Waals surface area (Å²) in [6.45, 7) is 4.76. The lowest BCUT2D eigenvalue weighted by Gasteiger charge is -2.22. The van der Waals surface area contributed by atoms with Gasteiger partial charge in [-0.2, -0.15) is 0 Å². The summed E-state index contributed by atoms with van der Waals surface area (Å²) in [5, 5.41) is 12.3. The van der Waals surface area contributed by atoms with Gasteiger partial charge in [-0.3, -0.25) is 4.57 Å². The number of benzene rings is 6. The second kappa shape index (κ2) is 5.11. The number of nitrogens with zero attached hydrogens (tertiary/aromatic N) is 2. The largest absolute Gasteiger partial charge is 0.285 e. The van der Waals surface area contributed by atoms with E-state index in [-0.39, 0.29) is 5.41 Å². The topological polar surface area (TPSA) is 17.8 Å². The maximum atomic E-state index is 5.06. The van der Waals surface area contributed by atoms with E-state index < -0.39 is 0 Å². The van der Waals surface area contributed by atoms with Crippen LogP contribution in [0.25, 0.3) is 69.5 Å². The molecule has 0 N–H and O–H groups in total. The van der Waals surface area contributed by atoms with Crippen LogP contribution in [-0.2, 0) is 5.41 Å². The van der Waals surface area contributed by atoms with Gasteiger partial charge in [-0.15, -0.1) is 0 Å². The van der Waals surface area contributed by atoms with Gasteiger partial charge in [0, 0.05) is 16.2 Å². The third kappa shape index (κ3) is 1.70. The van der Waals surface area contributed by atoms with Gasteiger partial charge in [0.1, 0.15) is 0 Å². The average molecular weight is 439 g/mol. The maximum absolute atomic E-state index is 5.06. The number of fused-ring (bicyclic) bond motifs is 1. The fourth-order valence-electron chi connectivity index (χ4n) is 6.69. The minimum Gasteiger partial charge on any atom is -0.285 e. The molecule has 2 nitrogen and oxygen atoms in total. The minimum absolute atomic E-state index is 0.0177. The summed E-state index contributed by atoms with van der Waals surface area (Å²) in [6.07, 6.45) is 0. The van der Waals surface area contributed by atoms with Crippen molar-refractivity contribution in [2.24, 2.45) is 0 Å². The van der Waals surface area contributed by atoms with Crippen LogP contribution in [0.2, 0.25) is 0 Å². The van der Waals surface area contributed by atoms with E-state index in [1.807, 2.05) is 0 Å². The molecule has 0 saturated carbocycles. The quantitative estimate of drug-likeness (QED) is 0.186. The molecule has 2 aromatic heterocycles. The molecule has 9 rings (SSSR count). The number of hydrogen-bond acceptors (Lipinski definition) is 2. The first-order valence-electron chi connectivity index (χ1n) is 11.5. The van der Waals surface area contributed by atoms with Crippen LogP contribution in [0.5, 0.6) is 0 Å². The smallest absolute Gasteiger partial charge is 0.195 e. The Morgan fingerprint density at radius 1 is 0.636 bits per heavy atom. The van der Waals surface area contributed by atoms with Gasteiger partial charge >= 0.3 is 0 Å². The molecule has 154 valence electrons. The summed E-state index contributed by atoms with van der Waals surface area (Å²) in [4.78, 5) is 5.06. The van der Waals surface area contributed by atoms with Crippen LogP contribution in [0, 0.1) is 0 Å². The van der Waals surface area contributed by atoms with Crippen molar-refractivity contribution >= 4 is 75.7 Å². The first-order valence-corrected chi connectivity index (χ1v) is 12.3. The highest BCUT2D eigenvalue weighted by molar-refractivity contribution is 7.20. The number of aromatic nitrogens is 2. The molecular formula is C30H18N2S. The first kappa shape index (κ1) is 16.9. The number of rotatable bonds is 1. The lowest BCUT2D eigenvalue weighted by Crippen LogP contribution is -2.15. The van der Waals surface area contributed by atoms with Crippen LogP contribution in [0.4, 0.5) is 0 Å². The normalized spacial score (nSPS) is 15.2. The molecular weight excluding hydrogens is 420 g/mol. The van der Waals surface area contributed by atoms with Crippen molar-refractivity contribution in [1.82, 2.24) is 9.55 Å². The molecule has 0 unspecified atom stereocenters. The predicted octanol–water partition coefficient (Wildman–Crippen LogP) is 8.37. The average Bonchev–Trinajstić information content (AvgIpc) is 3.47. The van der Waals surface area contributed by atoms with Crippen molar-refractivity contribution in [3.8, 4) is 5.13 Å². The molecule has 0 amide bonds. The molecule has 0 saturated heterocycles. The van der Waals surface area contributed by atoms with Gasteiger partial charge in [0.2, 0.25) is 0 Å². The van der Waals surface area contributed by atoms with Gasteiger partial charge in [-0.25, -0.2) is 4.98 Å². The van der Waals surface area contributed by atoms with Crippen LogP contribution in [0.1, 0.15) is 25.0 Å². The summed E-state index contributed by atoms with van der Waals surface area (Å²) < 4.78 is 3.63. The molecule has 1 aliphatic carbocycles. The molecule has 2 heterocycles. The standard InChI is InChI=1S/C30H18N2S/c1-30(2)17-11-7-15-9-13-20-27-23(15)25(17)26-18(30)12-8-16-10-14-21(28(27)24(16)26)32(20)29-31-19-5-3-4-6-22(19)33-29/h3-14H,1-2H3. The summed E-state index contributed by atoms with van der Waals surface area (Å²) >= 11 is 1.78. The third-order valence-electron chi connectivity index (χ3n) is 8.13. The monoisotopic (exact) mass is 438 g/mol. The van der Waals surface area contributed by atoms with E-state index >= 15 is 0 Å². The van der Waals surface area contributed by atoms with Crippen LogP contribution in [-0.4, -0.2) is 9.55 Å². The van der Waals surface area contributed by atoms with Gasteiger partial charge in [0.25, 0.3) is 0 Å². The van der Waals surface area contributed by atoms with E-state index in [4.69, 9.17) is 4.98 Å². The highest BCUT2D eigenvalue weighted by Crippen LogP contribution is 2.56. The zero-order valence-corrected chi connectivity index (χ0v) is 19.0. The molecule has 0 fully saturated rings. The van der Waals surface area contributed by atoms with Gasteiger partial charge < -0.3 is 0 Å².